The average Bonchev–Trinajstić information content (AvgIpc) is 2.37. The fourth-order valence-electron chi connectivity index (χ4n) is 1.63. The highest BCUT2D eigenvalue weighted by Gasteiger charge is 2.16. The Morgan fingerprint density at radius 3 is 2.67 bits per heavy atom. The summed E-state index contributed by atoms with van der Waals surface area (Å²) in [6.45, 7) is 2.24. The molecule has 0 aliphatic heterocycles. The van der Waals surface area contributed by atoms with Gasteiger partial charge in [-0.2, -0.15) is 0 Å². The Labute approximate surface area is 131 Å². The molecule has 21 heavy (non-hydrogen) atoms. The van der Waals surface area contributed by atoms with Gasteiger partial charge in [0.15, 0.2) is 0 Å². The molecule has 1 rings (SSSR count). The number of halogens is 1. The van der Waals surface area contributed by atoms with Gasteiger partial charge in [-0.25, -0.2) is 13.6 Å². The molecule has 0 radical (unpaired) electrons. The van der Waals surface area contributed by atoms with Crippen molar-refractivity contribution in [3.8, 4) is 5.75 Å². The van der Waals surface area contributed by atoms with E-state index in [0.717, 1.165) is 0 Å². The molecule has 0 aromatic heterocycles. The van der Waals surface area contributed by atoms with Gasteiger partial charge in [0.1, 0.15) is 10.2 Å². The van der Waals surface area contributed by atoms with E-state index in [9.17, 15) is 18.5 Å². The first-order valence-corrected chi connectivity index (χ1v) is 8.77. The van der Waals surface area contributed by atoms with Crippen LogP contribution in [0.5, 0.6) is 5.75 Å². The quantitative estimate of drug-likeness (QED) is 0.549. The average molecular weight is 381 g/mol. The predicted octanol–water partition coefficient (Wildman–Crippen LogP) is 2.44. The van der Waals surface area contributed by atoms with Crippen molar-refractivity contribution in [2.45, 2.75) is 19.8 Å². The number of nitro benzene ring substituents is 1. The number of benzene rings is 1. The number of hydrogen-bond donors (Lipinski definition) is 1. The summed E-state index contributed by atoms with van der Waals surface area (Å²) in [5.74, 6) is 0.456. The smallest absolute Gasteiger partial charge is 0.287 e. The summed E-state index contributed by atoms with van der Waals surface area (Å²) in [6.07, 6.45) is 1.09. The van der Waals surface area contributed by atoms with Crippen LogP contribution in [0.25, 0.3) is 0 Å². The van der Waals surface area contributed by atoms with Crippen molar-refractivity contribution >= 4 is 31.6 Å². The van der Waals surface area contributed by atoms with E-state index in [4.69, 9.17) is 9.88 Å². The van der Waals surface area contributed by atoms with Crippen molar-refractivity contribution in [1.82, 2.24) is 0 Å². The van der Waals surface area contributed by atoms with E-state index in [1.165, 1.54) is 6.07 Å². The number of hydrogen-bond acceptors (Lipinski definition) is 5. The van der Waals surface area contributed by atoms with Crippen LogP contribution < -0.4 is 9.88 Å². The first kappa shape index (κ1) is 17.9. The lowest BCUT2D eigenvalue weighted by Crippen LogP contribution is -2.18. The Morgan fingerprint density at radius 2 is 2.10 bits per heavy atom. The summed E-state index contributed by atoms with van der Waals surface area (Å²) in [5.41, 5.74) is -0.0604. The van der Waals surface area contributed by atoms with Crippen molar-refractivity contribution in [2.24, 2.45) is 11.1 Å². The van der Waals surface area contributed by atoms with Gasteiger partial charge in [0.05, 0.1) is 17.3 Å². The molecule has 1 atom stereocenters. The summed E-state index contributed by atoms with van der Waals surface area (Å²) >= 11 is 3.14. The SMILES string of the molecule is CC(CCOc1cccc([N+](=O)[O-])c1Br)CCS(N)(=O)=O. The molecule has 0 aliphatic carbocycles. The number of nitro groups is 1. The molecule has 0 bridgehead atoms. The van der Waals surface area contributed by atoms with Crippen molar-refractivity contribution in [1.29, 1.82) is 0 Å². The van der Waals surface area contributed by atoms with E-state index in [0.29, 0.717) is 29.7 Å². The number of sulfonamides is 1. The maximum absolute atomic E-state index is 10.9. The summed E-state index contributed by atoms with van der Waals surface area (Å²) in [6, 6.07) is 4.56. The zero-order chi connectivity index (χ0) is 16.0. The fraction of sp³-hybridized carbons (Fsp3) is 0.500. The lowest BCUT2D eigenvalue weighted by molar-refractivity contribution is -0.385. The molecule has 9 heteroatoms. The van der Waals surface area contributed by atoms with Crippen LogP contribution in [0.2, 0.25) is 0 Å². The second kappa shape index (κ2) is 7.71. The highest BCUT2D eigenvalue weighted by atomic mass is 79.9. The van der Waals surface area contributed by atoms with Crippen LogP contribution in [-0.2, 0) is 10.0 Å². The van der Waals surface area contributed by atoms with Crippen LogP contribution in [0.3, 0.4) is 0 Å². The molecule has 1 aromatic rings. The van der Waals surface area contributed by atoms with Gasteiger partial charge in [-0.15, -0.1) is 0 Å². The highest BCUT2D eigenvalue weighted by Crippen LogP contribution is 2.33. The van der Waals surface area contributed by atoms with E-state index < -0.39 is 14.9 Å². The third-order valence-electron chi connectivity index (χ3n) is 2.90. The monoisotopic (exact) mass is 380 g/mol. The minimum Gasteiger partial charge on any atom is -0.492 e. The van der Waals surface area contributed by atoms with Gasteiger partial charge in [-0.1, -0.05) is 13.0 Å². The molecule has 1 unspecified atom stereocenters. The Kier molecular flexibility index (Phi) is 6.56. The van der Waals surface area contributed by atoms with Crippen molar-refractivity contribution in [3.05, 3.63) is 32.8 Å². The molecule has 0 saturated heterocycles. The second-order valence-electron chi connectivity index (χ2n) is 4.74. The van der Waals surface area contributed by atoms with Gasteiger partial charge in [0.2, 0.25) is 10.0 Å². The Morgan fingerprint density at radius 1 is 1.43 bits per heavy atom. The van der Waals surface area contributed by atoms with Crippen LogP contribution >= 0.6 is 15.9 Å². The summed E-state index contributed by atoms with van der Waals surface area (Å²) in [7, 11) is -3.44. The first-order chi connectivity index (χ1) is 9.70. The molecule has 1 aromatic carbocycles. The number of nitrogens with two attached hydrogens (primary N) is 1. The van der Waals surface area contributed by atoms with Crippen LogP contribution in [0, 0.1) is 16.0 Å². The molecule has 0 aliphatic rings. The van der Waals surface area contributed by atoms with Gasteiger partial charge >= 0.3 is 0 Å². The zero-order valence-electron chi connectivity index (χ0n) is 11.5. The normalized spacial score (nSPS) is 12.9. The number of ether oxygens (including phenoxy) is 1. The fourth-order valence-corrected chi connectivity index (χ4v) is 2.89. The van der Waals surface area contributed by atoms with Gasteiger partial charge in [-0.05, 0) is 40.8 Å². The Bertz CT molecular complexity index is 606. The Balaban J connectivity index is 2.49. The van der Waals surface area contributed by atoms with Crippen LogP contribution in [0.4, 0.5) is 5.69 Å². The third-order valence-corrected chi connectivity index (χ3v) is 4.50. The second-order valence-corrected chi connectivity index (χ2v) is 7.27. The maximum Gasteiger partial charge on any atom is 0.287 e. The van der Waals surface area contributed by atoms with Gasteiger partial charge in [0.25, 0.3) is 5.69 Å². The van der Waals surface area contributed by atoms with E-state index in [1.807, 2.05) is 6.92 Å². The van der Waals surface area contributed by atoms with Crippen molar-refractivity contribution < 1.29 is 18.1 Å². The molecule has 0 heterocycles. The molecule has 0 amide bonds. The molecule has 0 fully saturated rings. The molecule has 0 saturated carbocycles. The molecular weight excluding hydrogens is 364 g/mol. The largest absolute Gasteiger partial charge is 0.492 e. The van der Waals surface area contributed by atoms with Crippen LogP contribution in [0.1, 0.15) is 19.8 Å². The summed E-state index contributed by atoms with van der Waals surface area (Å²) in [4.78, 5) is 10.3. The molecule has 118 valence electrons. The predicted molar refractivity (Wildman–Crippen MR) is 82.7 cm³/mol. The van der Waals surface area contributed by atoms with E-state index in [-0.39, 0.29) is 17.4 Å². The maximum atomic E-state index is 10.9. The number of nitrogens with zero attached hydrogens (tertiary/aromatic N) is 1. The summed E-state index contributed by atoms with van der Waals surface area (Å²) in [5, 5.41) is 15.7. The van der Waals surface area contributed by atoms with E-state index >= 15 is 0 Å². The molecular formula is C12H17BrN2O5S. The van der Waals surface area contributed by atoms with Crippen molar-refractivity contribution in [2.75, 3.05) is 12.4 Å². The van der Waals surface area contributed by atoms with Gasteiger partial charge < -0.3 is 4.74 Å². The van der Waals surface area contributed by atoms with Gasteiger partial charge in [-0.3, -0.25) is 10.1 Å². The topological polar surface area (TPSA) is 113 Å². The van der Waals surface area contributed by atoms with Crippen molar-refractivity contribution in [3.63, 3.8) is 0 Å². The number of rotatable bonds is 8. The molecule has 7 nitrogen and oxygen atoms in total. The third kappa shape index (κ3) is 6.40. The standard InChI is InChI=1S/C12H17BrN2O5S/c1-9(6-8-21(14,18)19)5-7-20-11-4-2-3-10(12(11)13)15(16)17/h2-4,9H,5-8H2,1H3,(H2,14,18,19). The minimum absolute atomic E-state index is 0.0604. The first-order valence-electron chi connectivity index (χ1n) is 6.27. The lowest BCUT2D eigenvalue weighted by Gasteiger charge is -2.12. The zero-order valence-corrected chi connectivity index (χ0v) is 13.9. The molecule has 0 spiro atoms. The molecule has 2 N–H and O–H groups in total. The minimum atomic E-state index is -3.44. The van der Waals surface area contributed by atoms with Gasteiger partial charge in [0, 0.05) is 6.07 Å². The van der Waals surface area contributed by atoms with Crippen LogP contribution in [0.15, 0.2) is 22.7 Å². The van der Waals surface area contributed by atoms with E-state index in [1.54, 1.807) is 12.1 Å². The number of primary sulfonamides is 1. The highest BCUT2D eigenvalue weighted by molar-refractivity contribution is 9.10. The summed E-state index contributed by atoms with van der Waals surface area (Å²) < 4.78 is 27.5. The van der Waals surface area contributed by atoms with E-state index in [2.05, 4.69) is 15.9 Å². The Hall–Kier alpha value is -1.19. The van der Waals surface area contributed by atoms with Crippen LogP contribution in [-0.4, -0.2) is 25.7 Å². The lowest BCUT2D eigenvalue weighted by atomic mass is 10.1.